The van der Waals surface area contributed by atoms with E-state index < -0.39 is 49.3 Å². The predicted octanol–water partition coefficient (Wildman–Crippen LogP) is 17.4. The molecule has 0 unspecified atom stereocenters. The molecule has 1 aliphatic rings. The van der Waals surface area contributed by atoms with E-state index in [1.165, 1.54) is 18.2 Å². The Kier molecular flexibility index (Phi) is 9.21. The van der Waals surface area contributed by atoms with Gasteiger partial charge in [0.15, 0.2) is 0 Å². The van der Waals surface area contributed by atoms with Crippen LogP contribution >= 0.6 is 0 Å². The zero-order valence-corrected chi connectivity index (χ0v) is 44.9. The van der Waals surface area contributed by atoms with E-state index in [2.05, 4.69) is 62.0 Å². The maximum absolute atomic E-state index is 9.45. The van der Waals surface area contributed by atoms with Crippen molar-refractivity contribution in [1.29, 1.82) is 0 Å². The van der Waals surface area contributed by atoms with E-state index >= 15 is 0 Å². The van der Waals surface area contributed by atoms with Crippen molar-refractivity contribution in [2.45, 2.75) is 66.1 Å². The van der Waals surface area contributed by atoms with Crippen LogP contribution in [0.4, 0.5) is 0 Å². The summed E-state index contributed by atoms with van der Waals surface area (Å²) in [6.07, 6.45) is 5.62. The second-order valence-electron chi connectivity index (χ2n) is 21.2. The van der Waals surface area contributed by atoms with Crippen LogP contribution in [0.15, 0.2) is 194 Å². The number of pyridine rings is 1. The third-order valence-corrected chi connectivity index (χ3v) is 14.4. The molecule has 6 heteroatoms. The molecule has 0 atom stereocenters. The molecule has 1 aliphatic heterocycles. The molecule has 13 rings (SSSR count). The van der Waals surface area contributed by atoms with Gasteiger partial charge in [0.25, 0.3) is 6.33 Å². The number of imidazole rings is 1. The van der Waals surface area contributed by atoms with Crippen molar-refractivity contribution >= 4 is 32.8 Å². The molecule has 0 saturated heterocycles. The number of hydrogen-bond acceptors (Lipinski definition) is 2. The number of rotatable bonds is 6. The predicted molar refractivity (Wildman–Crippen MR) is 308 cm³/mol. The van der Waals surface area contributed by atoms with Gasteiger partial charge < -0.3 is 13.9 Å². The zero-order chi connectivity index (χ0) is 60.7. The number of para-hydroxylation sites is 2. The summed E-state index contributed by atoms with van der Waals surface area (Å²) in [5.41, 5.74) is 9.45. The minimum atomic E-state index is -2.75. The quantitative estimate of drug-likeness (QED) is 0.123. The van der Waals surface area contributed by atoms with Gasteiger partial charge in [-0.3, -0.25) is 4.57 Å². The fraction of sp³-hybridized carbons (Fsp3) is 0.143. The van der Waals surface area contributed by atoms with Crippen molar-refractivity contribution in [2.24, 2.45) is 0 Å². The van der Waals surface area contributed by atoms with Gasteiger partial charge in [-0.05, 0) is 138 Å². The summed E-state index contributed by atoms with van der Waals surface area (Å²) in [7, 11) is 0. The van der Waals surface area contributed by atoms with Crippen molar-refractivity contribution in [1.82, 2.24) is 14.1 Å². The number of benzene rings is 9. The first-order chi connectivity index (χ1) is 40.8. The van der Waals surface area contributed by atoms with Gasteiger partial charge in [-0.25, -0.2) is 4.98 Å². The summed E-state index contributed by atoms with van der Waals surface area (Å²) in [5, 5.41) is 2.04. The van der Waals surface area contributed by atoms with E-state index in [-0.39, 0.29) is 48.7 Å². The molecular weight excluding hydrogens is 1110 g/mol. The van der Waals surface area contributed by atoms with Gasteiger partial charge in [0.2, 0.25) is 0 Å². The molecule has 0 bridgehead atoms. The molecule has 0 saturated carbocycles. The molecule has 12 aromatic rings. The van der Waals surface area contributed by atoms with Gasteiger partial charge in [0, 0.05) is 52.5 Å². The monoisotopic (exact) mass is 1170 g/mol. The topological polar surface area (TPSA) is 35.9 Å². The van der Waals surface area contributed by atoms with Crippen molar-refractivity contribution in [2.75, 3.05) is 0 Å². The van der Waals surface area contributed by atoms with Crippen molar-refractivity contribution < 1.29 is 45.4 Å². The number of fused-ring (bicyclic) bond motifs is 10. The van der Waals surface area contributed by atoms with Crippen LogP contribution in [0.25, 0.3) is 106 Å². The standard InChI is InChI=1S/C70H56N4O.Pt/c1-44-20-16-21-45(2)65(44)47-38-59-66-52(46-22-10-9-11-23-46)29-18-30-57(66)53-26-12-13-27-54(53)58-31-19-33-62-68(58)73(67(59)60(39-47)70(6,7)8)43-72(62)49-24-17-25-50(41-49)75-51-34-35-56-55-28-14-15-32-61(55)74(63(56)42-51)64-40-48(36-37-71-64)69(3,4)5;/h9-40H,1-8H3;/q-2;/i1D3,2D3,9D,10D,11D,22D,23D;. The molecule has 0 aliphatic carbocycles. The number of ether oxygens (including phenoxy) is 1. The van der Waals surface area contributed by atoms with Crippen LogP contribution in [0.1, 0.15) is 78.9 Å². The van der Waals surface area contributed by atoms with E-state index in [9.17, 15) is 2.74 Å². The fourth-order valence-corrected chi connectivity index (χ4v) is 10.9. The summed E-state index contributed by atoms with van der Waals surface area (Å²) in [6.45, 7) is 7.11. The van der Waals surface area contributed by atoms with E-state index in [0.29, 0.717) is 56.3 Å². The van der Waals surface area contributed by atoms with Crippen LogP contribution in [-0.4, -0.2) is 14.1 Å². The molecule has 5 nitrogen and oxygen atoms in total. The molecule has 0 amide bonds. The van der Waals surface area contributed by atoms with E-state index in [4.69, 9.17) is 22.1 Å². The summed E-state index contributed by atoms with van der Waals surface area (Å²) in [5.74, 6) is 1.61. The van der Waals surface area contributed by atoms with E-state index in [0.717, 1.165) is 60.9 Å². The Hall–Kier alpha value is -8.11. The van der Waals surface area contributed by atoms with Crippen LogP contribution in [-0.2, 0) is 31.9 Å². The molecule has 0 spiro atoms. The van der Waals surface area contributed by atoms with Crippen LogP contribution in [0.2, 0.25) is 0 Å². The summed E-state index contributed by atoms with van der Waals surface area (Å²) in [4.78, 5) is 4.86. The Morgan fingerprint density at radius 3 is 2.01 bits per heavy atom. The van der Waals surface area contributed by atoms with E-state index in [1.54, 1.807) is 18.2 Å². The second-order valence-corrected chi connectivity index (χ2v) is 21.2. The molecule has 9 aromatic carbocycles. The summed E-state index contributed by atoms with van der Waals surface area (Å²) in [6, 6.07) is 54.1. The smallest absolute Gasteiger partial charge is 0.268 e. The Balaban J connectivity index is 0.00000739. The SMILES string of the molecule is [2H]c1c([2H])c([2H])c(-c2cccc3c2-c2cc(-c4c(C([2H])([2H])[2H])cccc4C([2H])([2H])[2H])cc(C(C)(C)C)c2-[n+]2[c-]n(-c4[c-]c(Oc5[c-]c6c(cc5)c5ccccc5n6-c5cc(C(C)(C)C)ccn5)ccc4)c4cccc(c42)-c2ccccc2-3)c([2H])c1[2H].[Pt]. The van der Waals surface area contributed by atoms with Gasteiger partial charge in [-0.15, -0.1) is 29.7 Å². The van der Waals surface area contributed by atoms with Crippen molar-refractivity contribution in [3.05, 3.63) is 235 Å². The maximum atomic E-state index is 9.45. The summed E-state index contributed by atoms with van der Waals surface area (Å²) >= 11 is 0. The van der Waals surface area contributed by atoms with Crippen molar-refractivity contribution in [3.8, 4) is 84.3 Å². The van der Waals surface area contributed by atoms with Crippen LogP contribution in [0, 0.1) is 32.2 Å². The summed E-state index contributed by atoms with van der Waals surface area (Å²) < 4.78 is 111. The largest absolute Gasteiger partial charge is 0.510 e. The molecule has 0 fully saturated rings. The molecule has 3 aromatic heterocycles. The zero-order valence-electron chi connectivity index (χ0n) is 53.6. The molecule has 374 valence electrons. The molecule has 76 heavy (non-hydrogen) atoms. The molecule has 0 radical (unpaired) electrons. The minimum Gasteiger partial charge on any atom is -0.510 e. The molecule has 4 heterocycles. The fourth-order valence-electron chi connectivity index (χ4n) is 10.9. The van der Waals surface area contributed by atoms with Gasteiger partial charge in [0.05, 0.1) is 23.6 Å². The first-order valence-corrected chi connectivity index (χ1v) is 25.0. The normalized spacial score (nSPS) is 14.5. The average Bonchev–Trinajstić information content (AvgIpc) is 1.74. The number of hydrogen-bond donors (Lipinski definition) is 0. The van der Waals surface area contributed by atoms with Crippen LogP contribution < -0.4 is 9.30 Å². The Bertz CT molecular complexity index is 4750. The van der Waals surface area contributed by atoms with E-state index in [1.807, 2.05) is 139 Å². The average molecular weight is 1180 g/mol. The van der Waals surface area contributed by atoms with Gasteiger partial charge in [-0.1, -0.05) is 180 Å². The van der Waals surface area contributed by atoms with Gasteiger partial charge in [-0.2, -0.15) is 18.2 Å². The number of nitrogens with zero attached hydrogens (tertiary/aromatic N) is 4. The maximum Gasteiger partial charge on any atom is 0.268 e. The third kappa shape index (κ3) is 8.12. The minimum absolute atomic E-state index is 0. The Labute approximate surface area is 475 Å². The van der Waals surface area contributed by atoms with Gasteiger partial charge >= 0.3 is 0 Å². The van der Waals surface area contributed by atoms with Crippen LogP contribution in [0.5, 0.6) is 11.5 Å². The molecular formula is C70H56N4OPt-2. The second kappa shape index (κ2) is 18.6. The number of aromatic nitrogens is 4. The van der Waals surface area contributed by atoms with Gasteiger partial charge in [0.1, 0.15) is 5.82 Å². The molecule has 0 N–H and O–H groups in total. The first kappa shape index (κ1) is 37.6. The van der Waals surface area contributed by atoms with Crippen LogP contribution in [0.3, 0.4) is 0 Å². The Morgan fingerprint density at radius 2 is 1.24 bits per heavy atom. The third-order valence-electron chi connectivity index (χ3n) is 14.4. The van der Waals surface area contributed by atoms with Crippen molar-refractivity contribution in [3.63, 3.8) is 0 Å². The Morgan fingerprint density at radius 1 is 0.566 bits per heavy atom. The number of aryl methyl sites for hydroxylation is 2. The first-order valence-electron chi connectivity index (χ1n) is 30.5.